The number of hydrogen-bond donors (Lipinski definition) is 1. The van der Waals surface area contributed by atoms with E-state index >= 15 is 0 Å². The third-order valence-electron chi connectivity index (χ3n) is 7.76. The number of aryl methyl sites for hydroxylation is 2. The number of amides is 1. The first-order chi connectivity index (χ1) is 20.8. The molecule has 6 rings (SSSR count). The van der Waals surface area contributed by atoms with Crippen LogP contribution in [0.4, 0.5) is 13.2 Å². The molecule has 1 saturated carbocycles. The van der Waals surface area contributed by atoms with Crippen LogP contribution in [0.1, 0.15) is 58.3 Å². The normalized spacial score (nSPS) is 19.8. The van der Waals surface area contributed by atoms with Crippen LogP contribution in [-0.4, -0.2) is 63.5 Å². The van der Waals surface area contributed by atoms with Gasteiger partial charge >= 0.3 is 6.18 Å². The molecule has 44 heavy (non-hydrogen) atoms. The Kier molecular flexibility index (Phi) is 7.56. The summed E-state index contributed by atoms with van der Waals surface area (Å²) in [5.41, 5.74) is 0.462. The Labute approximate surface area is 257 Å². The van der Waals surface area contributed by atoms with Gasteiger partial charge in [-0.3, -0.25) is 9.59 Å². The van der Waals surface area contributed by atoms with Gasteiger partial charge in [0.1, 0.15) is 6.10 Å². The number of ether oxygens (including phenoxy) is 1. The maximum atomic E-state index is 14.1. The summed E-state index contributed by atoms with van der Waals surface area (Å²) in [6, 6.07) is 4.63. The minimum atomic E-state index is -4.65. The lowest BCUT2D eigenvalue weighted by Gasteiger charge is -2.34. The number of alkyl halides is 3. The highest BCUT2D eigenvalue weighted by molar-refractivity contribution is 9.10. The van der Waals surface area contributed by atoms with Crippen LogP contribution < -0.4 is 10.3 Å². The summed E-state index contributed by atoms with van der Waals surface area (Å²) in [7, 11) is 0. The molecule has 1 amide bonds. The fourth-order valence-electron chi connectivity index (χ4n) is 5.43. The lowest BCUT2D eigenvalue weighted by atomic mass is 9.92. The molecule has 4 aromatic rings. The Hall–Kier alpha value is -4.11. The summed E-state index contributed by atoms with van der Waals surface area (Å²) in [6.07, 6.45) is -1.14. The van der Waals surface area contributed by atoms with Crippen LogP contribution in [0.3, 0.4) is 0 Å². The summed E-state index contributed by atoms with van der Waals surface area (Å²) in [5, 5.41) is 14.0. The quantitative estimate of drug-likeness (QED) is 0.336. The van der Waals surface area contributed by atoms with Crippen LogP contribution in [-0.2, 0) is 19.1 Å². The van der Waals surface area contributed by atoms with Crippen molar-refractivity contribution >= 4 is 21.8 Å². The van der Waals surface area contributed by atoms with Gasteiger partial charge in [-0.2, -0.15) is 18.3 Å². The van der Waals surface area contributed by atoms with Gasteiger partial charge in [0.05, 0.1) is 42.0 Å². The average Bonchev–Trinajstić information content (AvgIpc) is 3.29. The molecule has 15 heteroatoms. The van der Waals surface area contributed by atoms with Crippen molar-refractivity contribution in [2.45, 2.75) is 71.0 Å². The Morgan fingerprint density at radius 2 is 1.84 bits per heavy atom. The van der Waals surface area contributed by atoms with Crippen molar-refractivity contribution in [3.8, 4) is 17.6 Å². The number of nitrogens with zero attached hydrogens (tertiary/aromatic N) is 7. The molecule has 1 aliphatic heterocycles. The van der Waals surface area contributed by atoms with Crippen molar-refractivity contribution in [3.63, 3.8) is 0 Å². The predicted octanol–water partition coefficient (Wildman–Crippen LogP) is 4.10. The molecule has 11 nitrogen and oxygen atoms in total. The van der Waals surface area contributed by atoms with Crippen LogP contribution >= 0.6 is 15.9 Å². The number of aliphatic hydroxyl groups excluding tert-OH is 1. The standard InChI is InChI=1S/C29H27BrF3N7O4/c1-14-6-16(3)40(37-14)28-36-24-13-38(25(42)17-4-5-23(30)22(8-17)29(31,32)33)15(2)7-21(24)26(43)39(28)27-34-11-20(12-35-27)44-19-9-18(41)10-19/h4-6,8,11-12,15,18-19,41H,7,9-10,13H2,1-3H3. The second-order valence-corrected chi connectivity index (χ2v) is 11.9. The SMILES string of the molecule is Cc1cc(C)n(-c2nc3c(c(=O)n2-c2ncc(OC4CC(O)C4)cn2)CC(C)N(C(=O)c2ccc(Br)c(C(F)(F)F)c2)C3)n1. The molecule has 1 fully saturated rings. The van der Waals surface area contributed by atoms with Crippen molar-refractivity contribution in [1.82, 2.24) is 34.2 Å². The van der Waals surface area contributed by atoms with Crippen molar-refractivity contribution in [2.75, 3.05) is 0 Å². The smallest absolute Gasteiger partial charge is 0.417 e. The number of carbonyl (C=O) groups excluding carboxylic acids is 1. The molecule has 1 unspecified atom stereocenters. The minimum absolute atomic E-state index is 0.0366. The molecule has 0 bridgehead atoms. The maximum absolute atomic E-state index is 14.1. The molecule has 0 spiro atoms. The van der Waals surface area contributed by atoms with Gasteiger partial charge in [0.25, 0.3) is 11.5 Å². The van der Waals surface area contributed by atoms with E-state index in [2.05, 4.69) is 31.0 Å². The van der Waals surface area contributed by atoms with Gasteiger partial charge in [-0.15, -0.1) is 0 Å². The molecular formula is C29H27BrF3N7O4. The van der Waals surface area contributed by atoms with Gasteiger partial charge in [0.2, 0.25) is 11.9 Å². The van der Waals surface area contributed by atoms with Crippen LogP contribution in [0.2, 0.25) is 0 Å². The fourth-order valence-corrected chi connectivity index (χ4v) is 5.90. The predicted molar refractivity (Wildman–Crippen MR) is 154 cm³/mol. The largest absolute Gasteiger partial charge is 0.487 e. The van der Waals surface area contributed by atoms with Gasteiger partial charge < -0.3 is 14.7 Å². The summed E-state index contributed by atoms with van der Waals surface area (Å²) in [4.78, 5) is 42.5. The summed E-state index contributed by atoms with van der Waals surface area (Å²) in [6.45, 7) is 5.21. The summed E-state index contributed by atoms with van der Waals surface area (Å²) < 4.78 is 49.0. The second-order valence-electron chi connectivity index (χ2n) is 11.1. The van der Waals surface area contributed by atoms with Gasteiger partial charge in [-0.25, -0.2) is 24.2 Å². The molecule has 1 aliphatic carbocycles. The molecule has 0 radical (unpaired) electrons. The number of halogens is 4. The first kappa shape index (κ1) is 29.9. The first-order valence-electron chi connectivity index (χ1n) is 13.8. The second kappa shape index (κ2) is 11.1. The zero-order valence-corrected chi connectivity index (χ0v) is 25.4. The van der Waals surface area contributed by atoms with Gasteiger partial charge in [0.15, 0.2) is 5.75 Å². The Bertz CT molecular complexity index is 1820. The van der Waals surface area contributed by atoms with Crippen LogP contribution in [0.25, 0.3) is 11.9 Å². The Balaban J connectivity index is 1.39. The Morgan fingerprint density at radius 1 is 1.14 bits per heavy atom. The molecule has 4 heterocycles. The van der Waals surface area contributed by atoms with Crippen LogP contribution in [0.5, 0.6) is 5.75 Å². The highest BCUT2D eigenvalue weighted by atomic mass is 79.9. The van der Waals surface area contributed by atoms with E-state index in [1.165, 1.54) is 38.7 Å². The molecule has 1 aromatic carbocycles. The van der Waals surface area contributed by atoms with E-state index in [1.807, 2.05) is 6.07 Å². The highest BCUT2D eigenvalue weighted by Crippen LogP contribution is 2.36. The molecule has 3 aromatic heterocycles. The number of hydrogen-bond acceptors (Lipinski definition) is 8. The van der Waals surface area contributed by atoms with E-state index in [9.17, 15) is 27.9 Å². The monoisotopic (exact) mass is 673 g/mol. The van der Waals surface area contributed by atoms with Crippen molar-refractivity contribution in [2.24, 2.45) is 0 Å². The summed E-state index contributed by atoms with van der Waals surface area (Å²) >= 11 is 2.91. The molecule has 2 aliphatic rings. The number of carbonyl (C=O) groups is 1. The third kappa shape index (κ3) is 5.49. The zero-order valence-electron chi connectivity index (χ0n) is 23.8. The number of benzene rings is 1. The molecular weight excluding hydrogens is 647 g/mol. The molecule has 230 valence electrons. The number of rotatable bonds is 5. The van der Waals surface area contributed by atoms with Crippen molar-refractivity contribution < 1.29 is 27.8 Å². The van der Waals surface area contributed by atoms with E-state index in [0.717, 1.165) is 6.07 Å². The first-order valence-corrected chi connectivity index (χ1v) is 14.6. The minimum Gasteiger partial charge on any atom is -0.487 e. The van der Waals surface area contributed by atoms with E-state index in [-0.39, 0.29) is 47.1 Å². The van der Waals surface area contributed by atoms with Crippen LogP contribution in [0, 0.1) is 13.8 Å². The fraction of sp³-hybridized carbons (Fsp3) is 0.379. The highest BCUT2D eigenvalue weighted by Gasteiger charge is 2.36. The van der Waals surface area contributed by atoms with Crippen molar-refractivity contribution in [1.29, 1.82) is 0 Å². The van der Waals surface area contributed by atoms with Crippen LogP contribution in [0.15, 0.2) is 45.9 Å². The van der Waals surface area contributed by atoms with Gasteiger partial charge in [-0.05, 0) is 51.5 Å². The topological polar surface area (TPSA) is 128 Å². The average molecular weight is 674 g/mol. The maximum Gasteiger partial charge on any atom is 0.417 e. The molecule has 1 N–H and O–H groups in total. The van der Waals surface area contributed by atoms with E-state index in [4.69, 9.17) is 9.72 Å². The lowest BCUT2D eigenvalue weighted by Crippen LogP contribution is -2.46. The zero-order chi connectivity index (χ0) is 31.5. The van der Waals surface area contributed by atoms with Crippen molar-refractivity contribution in [3.05, 3.63) is 85.3 Å². The number of aliphatic hydroxyl groups is 1. The third-order valence-corrected chi connectivity index (χ3v) is 8.45. The number of fused-ring (bicyclic) bond motifs is 1. The van der Waals surface area contributed by atoms with Gasteiger partial charge in [-0.1, -0.05) is 15.9 Å². The lowest BCUT2D eigenvalue weighted by molar-refractivity contribution is -0.138. The number of aromatic nitrogens is 6. The van der Waals surface area contributed by atoms with Gasteiger partial charge in [0, 0.05) is 40.2 Å². The summed E-state index contributed by atoms with van der Waals surface area (Å²) in [5.74, 6) is -0.0889. The molecule has 0 saturated heterocycles. The van der Waals surface area contributed by atoms with E-state index < -0.39 is 29.2 Å². The molecule has 1 atom stereocenters. The Morgan fingerprint density at radius 3 is 2.45 bits per heavy atom. The van der Waals surface area contributed by atoms with E-state index in [0.29, 0.717) is 41.2 Å². The van der Waals surface area contributed by atoms with E-state index in [1.54, 1.807) is 20.8 Å².